The van der Waals surface area contributed by atoms with Crippen LogP contribution in [-0.4, -0.2) is 33.8 Å². The lowest BCUT2D eigenvalue weighted by Crippen LogP contribution is -2.16. The molecule has 1 aliphatic heterocycles. The molecule has 4 aromatic rings. The van der Waals surface area contributed by atoms with E-state index >= 15 is 0 Å². The maximum absolute atomic E-state index is 12.1. The molecule has 1 saturated carbocycles. The van der Waals surface area contributed by atoms with Crippen molar-refractivity contribution in [3.8, 4) is 17.3 Å². The summed E-state index contributed by atoms with van der Waals surface area (Å²) in [6.07, 6.45) is 2.59. The first kappa shape index (κ1) is 16.7. The molecule has 2 aromatic heterocycles. The molecule has 0 radical (unpaired) electrons. The van der Waals surface area contributed by atoms with Crippen LogP contribution in [0.1, 0.15) is 23.2 Å². The number of carbonyl (C=O) groups is 1. The van der Waals surface area contributed by atoms with E-state index < -0.39 is 0 Å². The second kappa shape index (κ2) is 6.11. The molecule has 3 heterocycles. The summed E-state index contributed by atoms with van der Waals surface area (Å²) in [5.74, 6) is 2.00. The molecule has 29 heavy (non-hydrogen) atoms. The lowest BCUT2D eigenvalue weighted by molar-refractivity contribution is 0.0600. The quantitative estimate of drug-likeness (QED) is 0.491. The number of imidazole rings is 1. The summed E-state index contributed by atoms with van der Waals surface area (Å²) in [5.41, 5.74) is 4.55. The van der Waals surface area contributed by atoms with Gasteiger partial charge in [-0.25, -0.2) is 9.78 Å². The monoisotopic (exact) mass is 387 g/mol. The van der Waals surface area contributed by atoms with E-state index in [2.05, 4.69) is 39.5 Å². The number of nitrogens with zero attached hydrogens (tertiary/aromatic N) is 3. The third-order valence-electron chi connectivity index (χ3n) is 5.98. The number of rotatable bonds is 4. The van der Waals surface area contributed by atoms with E-state index in [-0.39, 0.29) is 5.97 Å². The molecule has 0 atom stereocenters. The Morgan fingerprint density at radius 1 is 1.24 bits per heavy atom. The van der Waals surface area contributed by atoms with Crippen molar-refractivity contribution < 1.29 is 14.3 Å². The number of fused-ring (bicyclic) bond motifs is 1. The van der Waals surface area contributed by atoms with Gasteiger partial charge in [0, 0.05) is 17.4 Å². The molecule has 6 heteroatoms. The van der Waals surface area contributed by atoms with Crippen LogP contribution in [0.15, 0.2) is 42.5 Å². The van der Waals surface area contributed by atoms with Gasteiger partial charge in [-0.05, 0) is 43.0 Å². The van der Waals surface area contributed by atoms with Gasteiger partial charge in [0.1, 0.15) is 17.9 Å². The highest BCUT2D eigenvalue weighted by Gasteiger charge is 2.27. The lowest BCUT2D eigenvalue weighted by atomic mass is 10.1. The molecule has 146 valence electrons. The first-order chi connectivity index (χ1) is 14.2. The largest absolute Gasteiger partial charge is 0.489 e. The zero-order valence-corrected chi connectivity index (χ0v) is 16.2. The van der Waals surface area contributed by atoms with E-state index in [0.29, 0.717) is 17.9 Å². The molecule has 0 unspecified atom stereocenters. The van der Waals surface area contributed by atoms with Gasteiger partial charge in [-0.15, -0.1) is 0 Å². The number of hydrogen-bond acceptors (Lipinski definition) is 4. The second-order valence-corrected chi connectivity index (χ2v) is 7.91. The summed E-state index contributed by atoms with van der Waals surface area (Å²) in [6, 6.07) is 14.3. The van der Waals surface area contributed by atoms with Crippen LogP contribution in [0, 0.1) is 5.92 Å². The molecule has 0 spiro atoms. The minimum absolute atomic E-state index is 0.378. The molecule has 0 bridgehead atoms. The highest BCUT2D eigenvalue weighted by atomic mass is 16.5. The van der Waals surface area contributed by atoms with Gasteiger partial charge in [-0.3, -0.25) is 0 Å². The Balaban J connectivity index is 1.61. The SMILES string of the molecule is COC(=O)c1cc2c3c(c1)nc(-c1cc4ccccc4n1CC1CC1)n3CCO2. The van der Waals surface area contributed by atoms with Crippen LogP contribution in [-0.2, 0) is 17.8 Å². The molecular weight excluding hydrogens is 366 g/mol. The number of ether oxygens (including phenoxy) is 2. The van der Waals surface area contributed by atoms with E-state index in [4.69, 9.17) is 14.5 Å². The fourth-order valence-electron chi connectivity index (χ4n) is 4.39. The third kappa shape index (κ3) is 2.55. The van der Waals surface area contributed by atoms with Crippen LogP contribution >= 0.6 is 0 Å². The predicted molar refractivity (Wildman–Crippen MR) is 110 cm³/mol. The van der Waals surface area contributed by atoms with Crippen molar-refractivity contribution in [3.63, 3.8) is 0 Å². The third-order valence-corrected chi connectivity index (χ3v) is 5.98. The maximum atomic E-state index is 12.1. The molecule has 6 nitrogen and oxygen atoms in total. The van der Waals surface area contributed by atoms with Crippen molar-refractivity contribution in [1.29, 1.82) is 0 Å². The van der Waals surface area contributed by atoms with Gasteiger partial charge in [0.2, 0.25) is 0 Å². The summed E-state index contributed by atoms with van der Waals surface area (Å²) in [7, 11) is 1.39. The number of esters is 1. The van der Waals surface area contributed by atoms with E-state index in [1.807, 2.05) is 0 Å². The molecule has 0 saturated heterocycles. The maximum Gasteiger partial charge on any atom is 0.338 e. The minimum atomic E-state index is -0.378. The number of aromatic nitrogens is 3. The normalized spacial score (nSPS) is 15.6. The van der Waals surface area contributed by atoms with Crippen LogP contribution in [0.5, 0.6) is 5.75 Å². The molecule has 1 aliphatic carbocycles. The molecule has 0 amide bonds. The van der Waals surface area contributed by atoms with E-state index in [9.17, 15) is 4.79 Å². The molecule has 0 N–H and O–H groups in total. The summed E-state index contributed by atoms with van der Waals surface area (Å²) in [4.78, 5) is 17.1. The topological polar surface area (TPSA) is 58.3 Å². The van der Waals surface area contributed by atoms with Crippen LogP contribution in [0.2, 0.25) is 0 Å². The number of carbonyl (C=O) groups excluding carboxylic acids is 1. The van der Waals surface area contributed by atoms with Gasteiger partial charge < -0.3 is 18.6 Å². The van der Waals surface area contributed by atoms with E-state index in [1.54, 1.807) is 12.1 Å². The zero-order chi connectivity index (χ0) is 19.5. The van der Waals surface area contributed by atoms with Crippen LogP contribution < -0.4 is 4.74 Å². The van der Waals surface area contributed by atoms with Crippen LogP contribution in [0.25, 0.3) is 33.5 Å². The highest BCUT2D eigenvalue weighted by molar-refractivity contribution is 5.97. The Bertz CT molecular complexity index is 1280. The van der Waals surface area contributed by atoms with Gasteiger partial charge in [-0.2, -0.15) is 0 Å². The first-order valence-corrected chi connectivity index (χ1v) is 10.1. The zero-order valence-electron chi connectivity index (χ0n) is 16.2. The predicted octanol–water partition coefficient (Wildman–Crippen LogP) is 4.25. The highest BCUT2D eigenvalue weighted by Crippen LogP contribution is 2.39. The van der Waals surface area contributed by atoms with Crippen LogP contribution in [0.3, 0.4) is 0 Å². The standard InChI is InChI=1S/C23H21N3O3/c1-28-23(27)16-10-17-21-20(12-16)29-9-8-25(21)22(24-17)19-11-15-4-2-3-5-18(15)26(19)13-14-6-7-14/h2-5,10-12,14H,6-9,13H2,1H3. The first-order valence-electron chi connectivity index (χ1n) is 10.1. The second-order valence-electron chi connectivity index (χ2n) is 7.91. The number of methoxy groups -OCH3 is 1. The van der Waals surface area contributed by atoms with Gasteiger partial charge >= 0.3 is 5.97 Å². The van der Waals surface area contributed by atoms with Gasteiger partial charge in [0.25, 0.3) is 0 Å². The summed E-state index contributed by atoms with van der Waals surface area (Å²) >= 11 is 0. The Labute approximate surface area is 167 Å². The summed E-state index contributed by atoms with van der Waals surface area (Å²) in [5, 5.41) is 1.23. The van der Waals surface area contributed by atoms with Gasteiger partial charge in [-0.1, -0.05) is 18.2 Å². The average Bonchev–Trinajstić information content (AvgIpc) is 3.40. The van der Waals surface area contributed by atoms with Crippen molar-refractivity contribution >= 4 is 27.9 Å². The average molecular weight is 387 g/mol. The molecule has 6 rings (SSSR count). The fourth-order valence-corrected chi connectivity index (χ4v) is 4.39. The Hall–Kier alpha value is -3.28. The van der Waals surface area contributed by atoms with Crippen molar-refractivity contribution in [3.05, 3.63) is 48.0 Å². The smallest absolute Gasteiger partial charge is 0.338 e. The van der Waals surface area contributed by atoms with Crippen molar-refractivity contribution in [2.75, 3.05) is 13.7 Å². The Morgan fingerprint density at radius 3 is 2.93 bits per heavy atom. The van der Waals surface area contributed by atoms with E-state index in [0.717, 1.165) is 41.6 Å². The summed E-state index contributed by atoms with van der Waals surface area (Å²) < 4.78 is 15.4. The number of benzene rings is 2. The molecule has 2 aliphatic rings. The van der Waals surface area contributed by atoms with Crippen molar-refractivity contribution in [2.24, 2.45) is 5.92 Å². The Kier molecular flexibility index (Phi) is 3.51. The van der Waals surface area contributed by atoms with Crippen molar-refractivity contribution in [2.45, 2.75) is 25.9 Å². The number of hydrogen-bond donors (Lipinski definition) is 0. The summed E-state index contributed by atoms with van der Waals surface area (Å²) in [6.45, 7) is 2.31. The fraction of sp³-hybridized carbons (Fsp3) is 0.304. The van der Waals surface area contributed by atoms with Crippen molar-refractivity contribution in [1.82, 2.24) is 14.1 Å². The minimum Gasteiger partial charge on any atom is -0.489 e. The van der Waals surface area contributed by atoms with E-state index in [1.165, 1.54) is 30.9 Å². The molecule has 1 fully saturated rings. The number of para-hydroxylation sites is 1. The Morgan fingerprint density at radius 2 is 2.10 bits per heavy atom. The lowest BCUT2D eigenvalue weighted by Gasteiger charge is -2.19. The van der Waals surface area contributed by atoms with Gasteiger partial charge in [0.05, 0.1) is 30.4 Å². The molecular formula is C23H21N3O3. The van der Waals surface area contributed by atoms with Gasteiger partial charge in [0.15, 0.2) is 5.82 Å². The van der Waals surface area contributed by atoms with Crippen LogP contribution in [0.4, 0.5) is 0 Å². The molecule has 2 aromatic carbocycles.